The quantitative estimate of drug-likeness (QED) is 0.422. The number of ether oxygens (including phenoxy) is 1. The van der Waals surface area contributed by atoms with Crippen LogP contribution in [0.25, 0.3) is 0 Å². The van der Waals surface area contributed by atoms with E-state index in [1.165, 1.54) is 4.90 Å². The average Bonchev–Trinajstić information content (AvgIpc) is 2.85. The van der Waals surface area contributed by atoms with Crippen molar-refractivity contribution in [2.24, 2.45) is 11.8 Å². The zero-order valence-corrected chi connectivity index (χ0v) is 23.4. The number of halogens is 5. The molecule has 0 radical (unpaired) electrons. The van der Waals surface area contributed by atoms with E-state index in [2.05, 4.69) is 0 Å². The maximum absolute atomic E-state index is 14.0. The van der Waals surface area contributed by atoms with Gasteiger partial charge in [0.2, 0.25) is 0 Å². The monoisotopic (exact) mass is 584 g/mol. The minimum Gasteiger partial charge on any atom is -0.490 e. The second-order valence-electron chi connectivity index (χ2n) is 11.1. The molecule has 1 N–H and O–H groups in total. The Hall–Kier alpha value is -2.85. The first kappa shape index (κ1) is 30.1. The predicted molar refractivity (Wildman–Crippen MR) is 142 cm³/mol. The number of piperidine rings is 1. The standard InChI is InChI=1S/C29H33ClF4N2O4/c1-17-10-23(4-5-25(17)26(37)35(2)3)40-24-12-19(13-24)11-18-6-8-36(9-7-18)27(38)28(39,29(32,33)34)20-14-21(30)16-22(31)15-20/h4-5,10,14-16,18-19,24,39H,6-9,11-13H2,1-3H3/t19-,24+,28-/m1/s1. The van der Waals surface area contributed by atoms with Crippen molar-refractivity contribution >= 4 is 23.4 Å². The topological polar surface area (TPSA) is 70.1 Å². The summed E-state index contributed by atoms with van der Waals surface area (Å²) in [6.07, 6.45) is -1.71. The van der Waals surface area contributed by atoms with Crippen LogP contribution in [0.5, 0.6) is 5.75 Å². The minimum atomic E-state index is -5.36. The van der Waals surface area contributed by atoms with Gasteiger partial charge in [0.25, 0.3) is 17.4 Å². The number of rotatable bonds is 7. The third-order valence-corrected chi connectivity index (χ3v) is 8.12. The molecule has 1 saturated heterocycles. The highest BCUT2D eigenvalue weighted by atomic mass is 35.5. The molecular weight excluding hydrogens is 552 g/mol. The van der Waals surface area contributed by atoms with Crippen LogP contribution in [0, 0.1) is 24.6 Å². The van der Waals surface area contributed by atoms with Gasteiger partial charge < -0.3 is 19.6 Å². The number of amides is 2. The molecule has 0 aromatic heterocycles. The fraction of sp³-hybridized carbons (Fsp3) is 0.517. The largest absolute Gasteiger partial charge is 0.490 e. The van der Waals surface area contributed by atoms with Crippen LogP contribution < -0.4 is 4.74 Å². The first-order valence-electron chi connectivity index (χ1n) is 13.2. The SMILES string of the molecule is Cc1cc(O[C@H]2C[C@@H](CC3CCN(C(=O)[C@](O)(c4cc(F)cc(Cl)c4)C(F)(F)F)CC3)C2)ccc1C(=O)N(C)C. The van der Waals surface area contributed by atoms with E-state index >= 15 is 0 Å². The van der Waals surface area contributed by atoms with E-state index in [-0.39, 0.29) is 36.0 Å². The lowest BCUT2D eigenvalue weighted by atomic mass is 9.74. The molecule has 1 heterocycles. The molecule has 1 aliphatic heterocycles. The van der Waals surface area contributed by atoms with Crippen molar-refractivity contribution in [3.8, 4) is 5.75 Å². The van der Waals surface area contributed by atoms with E-state index in [0.717, 1.165) is 41.9 Å². The third-order valence-electron chi connectivity index (χ3n) is 7.90. The smallest absolute Gasteiger partial charge is 0.430 e. The number of carbonyl (C=O) groups excluding carboxylic acids is 2. The predicted octanol–water partition coefficient (Wildman–Crippen LogP) is 5.73. The molecule has 1 saturated carbocycles. The lowest BCUT2D eigenvalue weighted by Crippen LogP contribution is -2.57. The fourth-order valence-corrected chi connectivity index (χ4v) is 5.81. The maximum Gasteiger partial charge on any atom is 0.430 e. The van der Waals surface area contributed by atoms with Gasteiger partial charge in [0, 0.05) is 43.3 Å². The van der Waals surface area contributed by atoms with Gasteiger partial charge in [-0.2, -0.15) is 13.2 Å². The zero-order valence-electron chi connectivity index (χ0n) is 22.6. The number of aliphatic hydroxyl groups is 1. The Morgan fingerprint density at radius 2 is 1.73 bits per heavy atom. The highest BCUT2D eigenvalue weighted by Crippen LogP contribution is 2.43. The van der Waals surface area contributed by atoms with Crippen molar-refractivity contribution in [2.75, 3.05) is 27.2 Å². The Labute approximate surface area is 235 Å². The van der Waals surface area contributed by atoms with Crippen LogP contribution in [-0.2, 0) is 10.4 Å². The minimum absolute atomic E-state index is 0.0568. The van der Waals surface area contributed by atoms with Crippen LogP contribution in [-0.4, -0.2) is 66.2 Å². The fourth-order valence-electron chi connectivity index (χ4n) is 5.59. The summed E-state index contributed by atoms with van der Waals surface area (Å²) in [6.45, 7) is 2.00. The van der Waals surface area contributed by atoms with E-state index in [0.29, 0.717) is 36.1 Å². The van der Waals surface area contributed by atoms with Crippen molar-refractivity contribution in [1.29, 1.82) is 0 Å². The van der Waals surface area contributed by atoms with E-state index in [4.69, 9.17) is 16.3 Å². The van der Waals surface area contributed by atoms with E-state index < -0.39 is 29.1 Å². The van der Waals surface area contributed by atoms with E-state index in [9.17, 15) is 32.3 Å². The number of aryl methyl sites for hydroxylation is 1. The number of carbonyl (C=O) groups is 2. The van der Waals surface area contributed by atoms with Gasteiger partial charge >= 0.3 is 6.18 Å². The second-order valence-corrected chi connectivity index (χ2v) is 11.5. The highest BCUT2D eigenvalue weighted by Gasteiger charge is 2.62. The number of benzene rings is 2. The summed E-state index contributed by atoms with van der Waals surface area (Å²) in [7, 11) is 3.40. The molecule has 40 heavy (non-hydrogen) atoms. The van der Waals surface area contributed by atoms with Gasteiger partial charge in [-0.1, -0.05) is 11.6 Å². The molecule has 0 unspecified atom stereocenters. The van der Waals surface area contributed by atoms with Gasteiger partial charge in [-0.3, -0.25) is 9.59 Å². The van der Waals surface area contributed by atoms with E-state index in [1.54, 1.807) is 26.2 Å². The molecule has 2 aromatic carbocycles. The second kappa shape index (κ2) is 11.6. The molecule has 2 aromatic rings. The highest BCUT2D eigenvalue weighted by molar-refractivity contribution is 6.30. The van der Waals surface area contributed by atoms with Crippen LogP contribution in [0.15, 0.2) is 36.4 Å². The Bertz CT molecular complexity index is 1240. The van der Waals surface area contributed by atoms with Crippen LogP contribution in [0.2, 0.25) is 5.02 Å². The van der Waals surface area contributed by atoms with Crippen molar-refractivity contribution in [3.05, 3.63) is 63.9 Å². The van der Waals surface area contributed by atoms with Crippen LogP contribution in [0.4, 0.5) is 17.6 Å². The lowest BCUT2D eigenvalue weighted by Gasteiger charge is -2.41. The number of likely N-dealkylation sites (tertiary alicyclic amines) is 1. The molecule has 0 spiro atoms. The van der Waals surface area contributed by atoms with Gasteiger partial charge in [0.1, 0.15) is 11.6 Å². The summed E-state index contributed by atoms with van der Waals surface area (Å²) in [4.78, 5) is 27.7. The van der Waals surface area contributed by atoms with Crippen molar-refractivity contribution in [2.45, 2.75) is 56.9 Å². The Morgan fingerprint density at radius 1 is 1.07 bits per heavy atom. The Balaban J connectivity index is 1.28. The number of nitrogens with zero attached hydrogens (tertiary/aromatic N) is 2. The summed E-state index contributed by atoms with van der Waals surface area (Å²) >= 11 is 5.71. The molecule has 2 amide bonds. The van der Waals surface area contributed by atoms with Crippen molar-refractivity contribution in [1.82, 2.24) is 9.80 Å². The molecule has 2 fully saturated rings. The van der Waals surface area contributed by atoms with Crippen LogP contribution in [0.3, 0.4) is 0 Å². The summed E-state index contributed by atoms with van der Waals surface area (Å²) in [6, 6.07) is 7.47. The third kappa shape index (κ3) is 6.22. The summed E-state index contributed by atoms with van der Waals surface area (Å²) in [5.41, 5.74) is -3.36. The molecule has 1 aliphatic carbocycles. The van der Waals surface area contributed by atoms with Crippen LogP contribution >= 0.6 is 11.6 Å². The van der Waals surface area contributed by atoms with Gasteiger partial charge in [0.15, 0.2) is 0 Å². The maximum atomic E-state index is 14.0. The Morgan fingerprint density at radius 3 is 2.27 bits per heavy atom. The number of alkyl halides is 3. The summed E-state index contributed by atoms with van der Waals surface area (Å²) < 4.78 is 61.8. The zero-order chi connectivity index (χ0) is 29.4. The lowest BCUT2D eigenvalue weighted by molar-refractivity contribution is -0.262. The van der Waals surface area contributed by atoms with Crippen molar-refractivity contribution in [3.63, 3.8) is 0 Å². The molecule has 6 nitrogen and oxygen atoms in total. The molecule has 1 atom stereocenters. The molecule has 2 aliphatic rings. The Kier molecular flexibility index (Phi) is 8.71. The van der Waals surface area contributed by atoms with Crippen molar-refractivity contribution < 1.29 is 37.0 Å². The summed E-state index contributed by atoms with van der Waals surface area (Å²) in [5, 5.41) is 10.3. The van der Waals surface area contributed by atoms with Gasteiger partial charge in [0.05, 0.1) is 6.10 Å². The first-order chi connectivity index (χ1) is 18.7. The van der Waals surface area contributed by atoms with Gasteiger partial charge in [-0.15, -0.1) is 0 Å². The van der Waals surface area contributed by atoms with Gasteiger partial charge in [-0.05, 0) is 92.8 Å². The normalized spacial score (nSPS) is 21.4. The molecule has 0 bridgehead atoms. The molecule has 218 valence electrons. The molecular formula is C29H33ClF4N2O4. The molecule has 11 heteroatoms. The molecule has 4 rings (SSSR count). The van der Waals surface area contributed by atoms with Gasteiger partial charge in [-0.25, -0.2) is 4.39 Å². The first-order valence-corrected chi connectivity index (χ1v) is 13.6. The summed E-state index contributed by atoms with van der Waals surface area (Å²) in [5.74, 6) is -1.32. The number of hydrogen-bond acceptors (Lipinski definition) is 4. The van der Waals surface area contributed by atoms with E-state index in [1.807, 2.05) is 13.0 Å². The van der Waals surface area contributed by atoms with Crippen LogP contribution in [0.1, 0.15) is 53.6 Å². The average molecular weight is 585 g/mol. The number of hydrogen-bond donors (Lipinski definition) is 1.